The van der Waals surface area contributed by atoms with Crippen molar-refractivity contribution < 1.29 is 42.9 Å². The highest BCUT2D eigenvalue weighted by molar-refractivity contribution is 5.71. The number of aliphatic carboxylic acids is 1. The van der Waals surface area contributed by atoms with Gasteiger partial charge < -0.3 is 28.5 Å². The number of esters is 2. The van der Waals surface area contributed by atoms with E-state index in [1.807, 2.05) is 21.1 Å². The van der Waals surface area contributed by atoms with Gasteiger partial charge in [-0.05, 0) is 77.0 Å². The van der Waals surface area contributed by atoms with Crippen molar-refractivity contribution in [3.8, 4) is 0 Å². The number of rotatable bonds is 51. The van der Waals surface area contributed by atoms with E-state index in [1.54, 1.807) is 0 Å². The SMILES string of the molecule is CC/C=C\C/C=C\C/C=C\C/C=C\C/C=C\CCCCCCCCCCCCCCCCCCCC(=O)OC(COC(=O)CCCCCCC/C=C\CCCC)COC(OCC[N+](C)(C)C)C(=O)O. The number of carboxylic acids is 1. The van der Waals surface area contributed by atoms with Gasteiger partial charge in [0, 0.05) is 12.8 Å². The van der Waals surface area contributed by atoms with E-state index in [0.29, 0.717) is 17.4 Å². The van der Waals surface area contributed by atoms with Crippen LogP contribution in [0.15, 0.2) is 72.9 Å². The van der Waals surface area contributed by atoms with Gasteiger partial charge in [-0.1, -0.05) is 215 Å². The largest absolute Gasteiger partial charge is 0.477 e. The van der Waals surface area contributed by atoms with Crippen LogP contribution in [-0.4, -0.2) is 87.4 Å². The molecule has 0 saturated heterocycles. The first-order valence-corrected chi connectivity index (χ1v) is 28.1. The number of unbranched alkanes of at least 4 members (excludes halogenated alkanes) is 24. The molecule has 0 saturated carbocycles. The summed E-state index contributed by atoms with van der Waals surface area (Å²) in [6.45, 7) is 4.71. The first kappa shape index (κ1) is 65.7. The Bertz CT molecular complexity index is 1360. The number of likely N-dealkylation sites (N-methyl/N-ethyl adjacent to an activating group) is 1. The summed E-state index contributed by atoms with van der Waals surface area (Å²) < 4.78 is 22.8. The third-order valence-corrected chi connectivity index (χ3v) is 11.9. The fourth-order valence-corrected chi connectivity index (χ4v) is 7.61. The zero-order valence-electron chi connectivity index (χ0n) is 45.2. The Morgan fingerprint density at radius 3 is 1.25 bits per heavy atom. The molecule has 398 valence electrons. The van der Waals surface area contributed by atoms with Gasteiger partial charge in [0.1, 0.15) is 13.2 Å². The van der Waals surface area contributed by atoms with E-state index in [4.69, 9.17) is 18.9 Å². The molecule has 0 aromatic heterocycles. The number of quaternary nitrogens is 1. The van der Waals surface area contributed by atoms with Crippen molar-refractivity contribution in [2.24, 2.45) is 0 Å². The molecule has 0 aliphatic carbocycles. The van der Waals surface area contributed by atoms with E-state index < -0.39 is 24.3 Å². The average Bonchev–Trinajstić information content (AvgIpc) is 3.31. The monoisotopic (exact) mass is 969 g/mol. The fraction of sp³-hybridized carbons (Fsp3) is 0.750. The van der Waals surface area contributed by atoms with Crippen LogP contribution in [0.1, 0.15) is 232 Å². The van der Waals surface area contributed by atoms with Gasteiger partial charge in [0.05, 0.1) is 34.4 Å². The first-order chi connectivity index (χ1) is 33.6. The Labute approximate surface area is 424 Å². The molecule has 2 unspecified atom stereocenters. The summed E-state index contributed by atoms with van der Waals surface area (Å²) in [6.07, 6.45) is 62.8. The van der Waals surface area contributed by atoms with Crippen molar-refractivity contribution in [2.75, 3.05) is 47.5 Å². The molecular weight excluding hydrogens is 863 g/mol. The lowest BCUT2D eigenvalue weighted by atomic mass is 10.0. The highest BCUT2D eigenvalue weighted by Gasteiger charge is 2.25. The standard InChI is InChI=1S/C60H105NO8/c1-6-8-10-12-14-16-18-19-20-21-22-23-24-25-26-27-28-29-30-31-32-33-34-35-36-37-38-39-41-43-45-47-49-51-58(63)69-56(55-68-60(59(64)65)66-53-52-61(3,4)5)54-67-57(62)50-48-46-44-42-40-17-15-13-11-9-7-2/h8,10,13-16,19-20,22-23,25-26,56,60H,6-7,9,11-12,17-18,21,24,27-55H2,1-5H3/p+1/b10-8-,15-13-,16-14-,20-19-,23-22-,26-25-. The summed E-state index contributed by atoms with van der Waals surface area (Å²) in [5.41, 5.74) is 0. The third-order valence-electron chi connectivity index (χ3n) is 11.9. The van der Waals surface area contributed by atoms with Crippen LogP contribution in [0.4, 0.5) is 0 Å². The maximum absolute atomic E-state index is 12.8. The minimum atomic E-state index is -1.51. The molecule has 9 heteroatoms. The predicted molar refractivity (Wildman–Crippen MR) is 290 cm³/mol. The molecule has 0 fully saturated rings. The second kappa shape index (κ2) is 51.1. The van der Waals surface area contributed by atoms with Crippen LogP contribution in [0.2, 0.25) is 0 Å². The van der Waals surface area contributed by atoms with Crippen molar-refractivity contribution >= 4 is 17.9 Å². The highest BCUT2D eigenvalue weighted by atomic mass is 16.7. The fourth-order valence-electron chi connectivity index (χ4n) is 7.61. The van der Waals surface area contributed by atoms with Gasteiger partial charge in [0.2, 0.25) is 0 Å². The zero-order valence-corrected chi connectivity index (χ0v) is 45.2. The predicted octanol–water partition coefficient (Wildman–Crippen LogP) is 16.2. The third kappa shape index (κ3) is 52.4. The van der Waals surface area contributed by atoms with Crippen LogP contribution in [0.5, 0.6) is 0 Å². The molecule has 0 amide bonds. The molecule has 2 atom stereocenters. The molecule has 0 rings (SSSR count). The Hall–Kier alpha value is -3.27. The normalized spacial score (nSPS) is 13.3. The van der Waals surface area contributed by atoms with Crippen LogP contribution < -0.4 is 0 Å². The van der Waals surface area contributed by atoms with Gasteiger partial charge in [-0.3, -0.25) is 9.59 Å². The van der Waals surface area contributed by atoms with Crippen LogP contribution in [0.3, 0.4) is 0 Å². The Balaban J connectivity index is 4.08. The smallest absolute Gasteiger partial charge is 0.361 e. The molecule has 0 spiro atoms. The summed E-state index contributed by atoms with van der Waals surface area (Å²) in [4.78, 5) is 37.2. The lowest BCUT2D eigenvalue weighted by Gasteiger charge is -2.25. The van der Waals surface area contributed by atoms with Crippen LogP contribution >= 0.6 is 0 Å². The van der Waals surface area contributed by atoms with Crippen molar-refractivity contribution in [1.82, 2.24) is 0 Å². The van der Waals surface area contributed by atoms with E-state index in [-0.39, 0.29) is 32.2 Å². The molecule has 0 radical (unpaired) electrons. The lowest BCUT2D eigenvalue weighted by Crippen LogP contribution is -2.40. The molecule has 9 nitrogen and oxygen atoms in total. The molecular formula is C60H106NO8+. The van der Waals surface area contributed by atoms with Gasteiger partial charge in [-0.15, -0.1) is 0 Å². The highest BCUT2D eigenvalue weighted by Crippen LogP contribution is 2.16. The van der Waals surface area contributed by atoms with E-state index >= 15 is 0 Å². The minimum absolute atomic E-state index is 0.185. The first-order valence-electron chi connectivity index (χ1n) is 28.1. The molecule has 69 heavy (non-hydrogen) atoms. The number of ether oxygens (including phenoxy) is 4. The Morgan fingerprint density at radius 2 is 0.826 bits per heavy atom. The van der Waals surface area contributed by atoms with Gasteiger partial charge in [-0.2, -0.15) is 0 Å². The van der Waals surface area contributed by atoms with Gasteiger partial charge >= 0.3 is 17.9 Å². The van der Waals surface area contributed by atoms with E-state index in [0.717, 1.165) is 96.3 Å². The molecule has 0 aromatic carbocycles. The molecule has 0 aliphatic heterocycles. The number of allylic oxidation sites excluding steroid dienone is 12. The number of carboxylic acid groups (broad SMARTS) is 1. The van der Waals surface area contributed by atoms with Gasteiger partial charge in [-0.25, -0.2) is 4.79 Å². The van der Waals surface area contributed by atoms with Crippen LogP contribution in [0.25, 0.3) is 0 Å². The zero-order chi connectivity index (χ0) is 50.6. The quantitative estimate of drug-likeness (QED) is 0.0211. The van der Waals surface area contributed by atoms with E-state index in [9.17, 15) is 19.5 Å². The Kier molecular flexibility index (Phi) is 48.7. The average molecular weight is 970 g/mol. The van der Waals surface area contributed by atoms with Crippen molar-refractivity contribution in [1.29, 1.82) is 0 Å². The summed E-state index contributed by atoms with van der Waals surface area (Å²) >= 11 is 0. The summed E-state index contributed by atoms with van der Waals surface area (Å²) in [7, 11) is 5.96. The van der Waals surface area contributed by atoms with Crippen molar-refractivity contribution in [3.63, 3.8) is 0 Å². The molecule has 1 N–H and O–H groups in total. The summed E-state index contributed by atoms with van der Waals surface area (Å²) in [5.74, 6) is -2.02. The topological polar surface area (TPSA) is 108 Å². The van der Waals surface area contributed by atoms with Crippen LogP contribution in [-0.2, 0) is 33.3 Å². The lowest BCUT2D eigenvalue weighted by molar-refractivity contribution is -0.870. The molecule has 0 aromatic rings. The summed E-state index contributed by atoms with van der Waals surface area (Å²) in [6, 6.07) is 0. The molecule has 0 heterocycles. The number of carbonyl (C=O) groups is 3. The maximum atomic E-state index is 12.8. The van der Waals surface area contributed by atoms with Crippen molar-refractivity contribution in [2.45, 2.75) is 245 Å². The number of hydrogen-bond acceptors (Lipinski definition) is 7. The maximum Gasteiger partial charge on any atom is 0.361 e. The van der Waals surface area contributed by atoms with Gasteiger partial charge in [0.25, 0.3) is 6.29 Å². The van der Waals surface area contributed by atoms with Gasteiger partial charge in [0.15, 0.2) is 6.10 Å². The minimum Gasteiger partial charge on any atom is -0.477 e. The second-order valence-electron chi connectivity index (χ2n) is 19.9. The van der Waals surface area contributed by atoms with E-state index in [2.05, 4.69) is 86.8 Å². The molecule has 0 bridgehead atoms. The van der Waals surface area contributed by atoms with E-state index in [1.165, 1.54) is 109 Å². The summed E-state index contributed by atoms with van der Waals surface area (Å²) in [5, 5.41) is 9.67. The van der Waals surface area contributed by atoms with Crippen molar-refractivity contribution in [3.05, 3.63) is 72.9 Å². The Morgan fingerprint density at radius 1 is 0.449 bits per heavy atom. The second-order valence-corrected chi connectivity index (χ2v) is 19.9. The number of hydrogen-bond donors (Lipinski definition) is 1. The molecule has 0 aliphatic rings. The number of carbonyl (C=O) groups excluding carboxylic acids is 2. The number of nitrogens with zero attached hydrogens (tertiary/aromatic N) is 1. The van der Waals surface area contributed by atoms with Crippen LogP contribution in [0, 0.1) is 0 Å².